The lowest BCUT2D eigenvalue weighted by atomic mass is 9.70. The lowest BCUT2D eigenvalue weighted by molar-refractivity contribution is 0.791. The van der Waals surface area contributed by atoms with Crippen LogP contribution in [-0.4, -0.2) is 9.13 Å². The van der Waals surface area contributed by atoms with E-state index in [-0.39, 0.29) is 5.56 Å². The SMILES string of the molecule is O=c1c2ccccc2n(-c2cccc3c2-c2ccccc2C32c3ccccc3-c3ccccc32)c(=O)n1-c1ccccc1-c1ccccc1. The summed E-state index contributed by atoms with van der Waals surface area (Å²) in [6, 6.07) is 57.2. The molecule has 230 valence electrons. The van der Waals surface area contributed by atoms with E-state index in [1.165, 1.54) is 32.4 Å². The summed E-state index contributed by atoms with van der Waals surface area (Å²) in [6.07, 6.45) is 0. The largest absolute Gasteiger partial charge is 0.340 e. The van der Waals surface area contributed by atoms with Crippen LogP contribution in [0.4, 0.5) is 0 Å². The molecule has 0 unspecified atom stereocenters. The van der Waals surface area contributed by atoms with Crippen molar-refractivity contribution in [3.8, 4) is 44.8 Å². The average molecular weight is 629 g/mol. The van der Waals surface area contributed by atoms with Crippen LogP contribution in [0.3, 0.4) is 0 Å². The molecule has 2 aliphatic rings. The predicted octanol–water partition coefficient (Wildman–Crippen LogP) is 9.15. The lowest BCUT2D eigenvalue weighted by Gasteiger charge is -2.30. The molecule has 49 heavy (non-hydrogen) atoms. The molecule has 1 aromatic heterocycles. The first-order valence-corrected chi connectivity index (χ1v) is 16.5. The molecule has 2 aliphatic carbocycles. The van der Waals surface area contributed by atoms with E-state index in [0.717, 1.165) is 33.5 Å². The van der Waals surface area contributed by atoms with Gasteiger partial charge in [0.2, 0.25) is 0 Å². The van der Waals surface area contributed by atoms with E-state index in [4.69, 9.17) is 0 Å². The maximum Gasteiger partial charge on any atom is 0.340 e. The maximum atomic E-state index is 15.1. The van der Waals surface area contributed by atoms with E-state index in [1.54, 1.807) is 4.57 Å². The number of fused-ring (bicyclic) bond motifs is 11. The Kier molecular flexibility index (Phi) is 5.76. The van der Waals surface area contributed by atoms with E-state index in [9.17, 15) is 4.79 Å². The van der Waals surface area contributed by atoms with Gasteiger partial charge < -0.3 is 0 Å². The van der Waals surface area contributed by atoms with Crippen molar-refractivity contribution in [3.63, 3.8) is 0 Å². The number of rotatable bonds is 3. The zero-order chi connectivity index (χ0) is 32.7. The first kappa shape index (κ1) is 27.6. The van der Waals surface area contributed by atoms with Crippen LogP contribution in [0.25, 0.3) is 55.7 Å². The highest BCUT2D eigenvalue weighted by Gasteiger charge is 2.52. The monoisotopic (exact) mass is 628 g/mol. The normalized spacial score (nSPS) is 13.2. The van der Waals surface area contributed by atoms with Crippen LogP contribution in [0.5, 0.6) is 0 Å². The molecule has 1 spiro atoms. The predicted molar refractivity (Wildman–Crippen MR) is 197 cm³/mol. The average Bonchev–Trinajstić information content (AvgIpc) is 3.64. The molecule has 4 heteroatoms. The Morgan fingerprint density at radius 3 is 1.61 bits per heavy atom. The van der Waals surface area contributed by atoms with Gasteiger partial charge in [-0.05, 0) is 68.8 Å². The van der Waals surface area contributed by atoms with Crippen LogP contribution in [0.15, 0.2) is 179 Å². The minimum Gasteiger partial charge on any atom is -0.268 e. The molecular formula is C45H28N2O2. The van der Waals surface area contributed by atoms with Gasteiger partial charge in [0.15, 0.2) is 0 Å². The molecule has 0 bridgehead atoms. The number of hydrogen-bond acceptors (Lipinski definition) is 2. The second-order valence-corrected chi connectivity index (χ2v) is 12.7. The number of aromatic nitrogens is 2. The van der Waals surface area contributed by atoms with Crippen molar-refractivity contribution < 1.29 is 0 Å². The first-order valence-electron chi connectivity index (χ1n) is 16.5. The molecule has 0 amide bonds. The summed E-state index contributed by atoms with van der Waals surface area (Å²) in [5.41, 5.74) is 11.6. The highest BCUT2D eigenvalue weighted by Crippen LogP contribution is 2.63. The van der Waals surface area contributed by atoms with Crippen LogP contribution in [0.2, 0.25) is 0 Å². The van der Waals surface area contributed by atoms with Crippen molar-refractivity contribution in [1.82, 2.24) is 9.13 Å². The molecular weight excluding hydrogens is 601 g/mol. The molecule has 0 saturated carbocycles. The van der Waals surface area contributed by atoms with Crippen molar-refractivity contribution >= 4 is 10.9 Å². The Balaban J connectivity index is 1.34. The molecule has 0 radical (unpaired) electrons. The Bertz CT molecular complexity index is 2730. The summed E-state index contributed by atoms with van der Waals surface area (Å²) in [4.78, 5) is 29.5. The molecule has 8 aromatic rings. The van der Waals surface area contributed by atoms with Gasteiger partial charge in [-0.1, -0.05) is 146 Å². The standard InChI is InChI=1S/C45H28N2O2/c48-43-34-21-8-13-27-40(34)46(44(49)47(43)39-26-12-7-17-30(39)29-15-2-1-3-16-29)41-28-14-25-38-42(41)33-20-6-11-24-37(33)45(38)35-22-9-4-18-31(35)32-19-5-10-23-36(32)45/h1-28H. The lowest BCUT2D eigenvalue weighted by Crippen LogP contribution is -2.38. The van der Waals surface area contributed by atoms with Crippen LogP contribution in [-0.2, 0) is 5.41 Å². The minimum atomic E-state index is -0.553. The van der Waals surface area contributed by atoms with E-state index in [2.05, 4.69) is 84.9 Å². The number of benzene rings is 7. The van der Waals surface area contributed by atoms with Crippen LogP contribution in [0.1, 0.15) is 22.3 Å². The molecule has 0 atom stereocenters. The van der Waals surface area contributed by atoms with Gasteiger partial charge in [0.05, 0.1) is 27.7 Å². The second kappa shape index (κ2) is 10.2. The molecule has 7 aromatic carbocycles. The fourth-order valence-electron chi connectivity index (χ4n) is 8.55. The molecule has 0 aliphatic heterocycles. The maximum absolute atomic E-state index is 15.1. The Labute approximate surface area is 282 Å². The van der Waals surface area contributed by atoms with Gasteiger partial charge in [0.1, 0.15) is 0 Å². The topological polar surface area (TPSA) is 44.0 Å². The number of para-hydroxylation sites is 2. The van der Waals surface area contributed by atoms with Crippen LogP contribution in [0, 0.1) is 0 Å². The zero-order valence-corrected chi connectivity index (χ0v) is 26.4. The van der Waals surface area contributed by atoms with E-state index >= 15 is 4.79 Å². The first-order chi connectivity index (χ1) is 24.2. The summed E-state index contributed by atoms with van der Waals surface area (Å²) >= 11 is 0. The van der Waals surface area contributed by atoms with Gasteiger partial charge in [0, 0.05) is 11.1 Å². The quantitative estimate of drug-likeness (QED) is 0.196. The van der Waals surface area contributed by atoms with Gasteiger partial charge >= 0.3 is 5.69 Å². The second-order valence-electron chi connectivity index (χ2n) is 12.7. The van der Waals surface area contributed by atoms with Gasteiger partial charge in [-0.25, -0.2) is 9.36 Å². The minimum absolute atomic E-state index is 0.344. The van der Waals surface area contributed by atoms with Crippen molar-refractivity contribution in [2.75, 3.05) is 0 Å². The zero-order valence-electron chi connectivity index (χ0n) is 26.4. The molecule has 10 rings (SSSR count). The Hall–Kier alpha value is -6.52. The van der Waals surface area contributed by atoms with E-state index < -0.39 is 11.1 Å². The van der Waals surface area contributed by atoms with Crippen molar-refractivity contribution in [3.05, 3.63) is 213 Å². The number of nitrogens with zero attached hydrogens (tertiary/aromatic N) is 2. The fraction of sp³-hybridized carbons (Fsp3) is 0.0222. The number of hydrogen-bond donors (Lipinski definition) is 0. The van der Waals surface area contributed by atoms with Crippen molar-refractivity contribution in [2.24, 2.45) is 0 Å². The smallest absolute Gasteiger partial charge is 0.268 e. The molecule has 0 fully saturated rings. The summed E-state index contributed by atoms with van der Waals surface area (Å²) in [5.74, 6) is 0. The summed E-state index contributed by atoms with van der Waals surface area (Å²) in [6.45, 7) is 0. The third-order valence-electron chi connectivity index (χ3n) is 10.4. The third-order valence-corrected chi connectivity index (χ3v) is 10.4. The third kappa shape index (κ3) is 3.58. The highest BCUT2D eigenvalue weighted by atomic mass is 16.2. The Morgan fingerprint density at radius 1 is 0.388 bits per heavy atom. The Morgan fingerprint density at radius 2 is 0.898 bits per heavy atom. The van der Waals surface area contributed by atoms with Crippen molar-refractivity contribution in [2.45, 2.75) is 5.41 Å². The molecule has 4 nitrogen and oxygen atoms in total. The summed E-state index contributed by atoms with van der Waals surface area (Å²) in [7, 11) is 0. The molecule has 1 heterocycles. The fourth-order valence-corrected chi connectivity index (χ4v) is 8.55. The van der Waals surface area contributed by atoms with Gasteiger partial charge in [-0.3, -0.25) is 9.36 Å². The molecule has 0 saturated heterocycles. The summed E-state index contributed by atoms with van der Waals surface area (Å²) in [5, 5.41) is 0.472. The summed E-state index contributed by atoms with van der Waals surface area (Å²) < 4.78 is 3.10. The van der Waals surface area contributed by atoms with E-state index in [0.29, 0.717) is 16.6 Å². The van der Waals surface area contributed by atoms with Gasteiger partial charge in [0.25, 0.3) is 5.56 Å². The van der Waals surface area contributed by atoms with E-state index in [1.807, 2.05) is 84.9 Å². The highest BCUT2D eigenvalue weighted by molar-refractivity contribution is 5.98. The van der Waals surface area contributed by atoms with Crippen molar-refractivity contribution in [1.29, 1.82) is 0 Å². The molecule has 0 N–H and O–H groups in total. The van der Waals surface area contributed by atoms with Crippen LogP contribution < -0.4 is 11.2 Å². The van der Waals surface area contributed by atoms with Crippen LogP contribution >= 0.6 is 0 Å². The van der Waals surface area contributed by atoms with Gasteiger partial charge in [-0.2, -0.15) is 0 Å². The van der Waals surface area contributed by atoms with Gasteiger partial charge in [-0.15, -0.1) is 0 Å².